The Morgan fingerprint density at radius 3 is 2.62 bits per heavy atom. The van der Waals surface area contributed by atoms with E-state index in [1.54, 1.807) is 22.6 Å². The monoisotopic (exact) mass is 289 g/mol. The van der Waals surface area contributed by atoms with Gasteiger partial charge in [-0.3, -0.25) is 4.79 Å². The Hall–Kier alpha value is -0.580. The van der Waals surface area contributed by atoms with Gasteiger partial charge in [-0.05, 0) is 18.9 Å². The van der Waals surface area contributed by atoms with Crippen LogP contribution in [0.5, 0.6) is 0 Å². The maximum Gasteiger partial charge on any atom is 0.280 e. The highest BCUT2D eigenvalue weighted by Gasteiger charge is 2.04. The molecule has 1 amide bonds. The van der Waals surface area contributed by atoms with Gasteiger partial charge < -0.3 is 5.32 Å². The van der Waals surface area contributed by atoms with Gasteiger partial charge in [-0.25, -0.2) is 0 Å². The van der Waals surface area contributed by atoms with Crippen LogP contribution < -0.4 is 5.32 Å². The van der Waals surface area contributed by atoms with Gasteiger partial charge in [0.15, 0.2) is 0 Å². The molecular formula is C10H12INO. The van der Waals surface area contributed by atoms with Gasteiger partial charge in [-0.2, -0.15) is 0 Å². The minimum absolute atomic E-state index is 0.000955. The third-order valence-corrected chi connectivity index (χ3v) is 2.06. The first kappa shape index (κ1) is 10.5. The molecule has 0 aliphatic carbocycles. The molecule has 13 heavy (non-hydrogen) atoms. The number of hydrogen-bond acceptors (Lipinski definition) is 1. The quantitative estimate of drug-likeness (QED) is 0.517. The van der Waals surface area contributed by atoms with Crippen molar-refractivity contribution in [3.63, 3.8) is 0 Å². The summed E-state index contributed by atoms with van der Waals surface area (Å²) in [5.41, 5.74) is 1.25. The second-order valence-corrected chi connectivity index (χ2v) is 3.99. The molecule has 1 aromatic rings. The van der Waals surface area contributed by atoms with Crippen LogP contribution >= 0.6 is 22.6 Å². The Labute approximate surface area is 91.9 Å². The second kappa shape index (κ2) is 5.21. The zero-order valence-corrected chi connectivity index (χ0v) is 9.61. The summed E-state index contributed by atoms with van der Waals surface area (Å²) in [6, 6.07) is 10.3. The number of hydrogen-bond donors (Lipinski definition) is 1. The van der Waals surface area contributed by atoms with Crippen LogP contribution in [0.25, 0.3) is 0 Å². The summed E-state index contributed by atoms with van der Waals surface area (Å²) in [6.45, 7) is 2.00. The molecule has 1 aromatic carbocycles. The molecule has 0 aliphatic rings. The fraction of sp³-hybridized carbons (Fsp3) is 0.300. The van der Waals surface area contributed by atoms with Crippen molar-refractivity contribution in [2.75, 3.05) is 0 Å². The zero-order chi connectivity index (χ0) is 9.68. The van der Waals surface area contributed by atoms with Gasteiger partial charge in [0, 0.05) is 28.6 Å². The lowest BCUT2D eigenvalue weighted by Gasteiger charge is -2.11. The summed E-state index contributed by atoms with van der Waals surface area (Å²) in [5.74, 6) is 0. The van der Waals surface area contributed by atoms with Crippen LogP contribution in [0.4, 0.5) is 4.79 Å². The summed E-state index contributed by atoms with van der Waals surface area (Å²) in [4.78, 5) is 10.7. The van der Waals surface area contributed by atoms with E-state index in [9.17, 15) is 4.79 Å². The molecule has 1 atom stereocenters. The Kier molecular flexibility index (Phi) is 4.21. The molecule has 0 aliphatic heterocycles. The lowest BCUT2D eigenvalue weighted by molar-refractivity contribution is 0.260. The average molecular weight is 289 g/mol. The molecule has 0 radical (unpaired) electrons. The van der Waals surface area contributed by atoms with Gasteiger partial charge in [0.25, 0.3) is 3.91 Å². The molecule has 2 nitrogen and oxygen atoms in total. The Morgan fingerprint density at radius 1 is 1.46 bits per heavy atom. The molecule has 0 spiro atoms. The van der Waals surface area contributed by atoms with E-state index < -0.39 is 0 Å². The van der Waals surface area contributed by atoms with Gasteiger partial charge in [-0.15, -0.1) is 0 Å². The van der Waals surface area contributed by atoms with Gasteiger partial charge in [0.2, 0.25) is 0 Å². The number of carbonyl (C=O) groups is 1. The fourth-order valence-corrected chi connectivity index (χ4v) is 1.74. The van der Waals surface area contributed by atoms with Crippen LogP contribution in [0.2, 0.25) is 0 Å². The summed E-state index contributed by atoms with van der Waals surface area (Å²) in [7, 11) is 0. The number of amides is 1. The molecule has 0 saturated heterocycles. The number of carbonyl (C=O) groups excluding carboxylic acids is 1. The van der Waals surface area contributed by atoms with Gasteiger partial charge in [0.1, 0.15) is 0 Å². The molecule has 0 unspecified atom stereocenters. The Balaban J connectivity index is 2.45. The normalized spacial score (nSPS) is 12.2. The molecule has 0 heterocycles. The smallest absolute Gasteiger partial charge is 0.280 e. The molecule has 1 rings (SSSR count). The highest BCUT2D eigenvalue weighted by Crippen LogP contribution is 2.03. The second-order valence-electron chi connectivity index (χ2n) is 3.01. The van der Waals surface area contributed by atoms with Crippen molar-refractivity contribution in [2.24, 2.45) is 0 Å². The zero-order valence-electron chi connectivity index (χ0n) is 7.46. The van der Waals surface area contributed by atoms with Crippen molar-refractivity contribution in [2.45, 2.75) is 19.4 Å². The molecule has 0 saturated carbocycles. The van der Waals surface area contributed by atoms with Crippen LogP contribution in [-0.4, -0.2) is 9.96 Å². The maximum absolute atomic E-state index is 10.7. The Bertz CT molecular complexity index is 274. The van der Waals surface area contributed by atoms with Gasteiger partial charge >= 0.3 is 0 Å². The summed E-state index contributed by atoms with van der Waals surface area (Å²) in [6.07, 6.45) is 0.885. The van der Waals surface area contributed by atoms with E-state index >= 15 is 0 Å². The van der Waals surface area contributed by atoms with Crippen molar-refractivity contribution in [1.82, 2.24) is 5.32 Å². The number of nitrogens with one attached hydrogen (secondary N) is 1. The predicted molar refractivity (Wildman–Crippen MR) is 62.2 cm³/mol. The van der Waals surface area contributed by atoms with Gasteiger partial charge in [-0.1, -0.05) is 30.3 Å². The van der Waals surface area contributed by atoms with Crippen LogP contribution in [0, 0.1) is 0 Å². The first-order valence-electron chi connectivity index (χ1n) is 4.18. The van der Waals surface area contributed by atoms with Crippen molar-refractivity contribution in [3.8, 4) is 0 Å². The number of benzene rings is 1. The van der Waals surface area contributed by atoms with Crippen molar-refractivity contribution in [1.29, 1.82) is 0 Å². The van der Waals surface area contributed by atoms with Crippen molar-refractivity contribution in [3.05, 3.63) is 35.9 Å². The van der Waals surface area contributed by atoms with E-state index in [0.29, 0.717) is 0 Å². The summed E-state index contributed by atoms with van der Waals surface area (Å²) >= 11 is 1.75. The van der Waals surface area contributed by atoms with E-state index in [-0.39, 0.29) is 9.96 Å². The lowest BCUT2D eigenvalue weighted by Crippen LogP contribution is -2.29. The first-order valence-corrected chi connectivity index (χ1v) is 5.26. The molecule has 0 aromatic heterocycles. The molecule has 1 N–H and O–H groups in total. The van der Waals surface area contributed by atoms with E-state index in [4.69, 9.17) is 0 Å². The number of halogens is 1. The third kappa shape index (κ3) is 4.26. The SMILES string of the molecule is C[C@H](Cc1ccccc1)NC(=O)I. The lowest BCUT2D eigenvalue weighted by atomic mass is 10.1. The molecule has 0 fully saturated rings. The number of rotatable bonds is 3. The van der Waals surface area contributed by atoms with E-state index in [1.165, 1.54) is 5.56 Å². The van der Waals surface area contributed by atoms with Crippen LogP contribution in [0.15, 0.2) is 30.3 Å². The first-order chi connectivity index (χ1) is 6.18. The summed E-state index contributed by atoms with van der Waals surface area (Å²) < 4.78 is 0.000955. The minimum Gasteiger partial charge on any atom is -0.345 e. The topological polar surface area (TPSA) is 29.1 Å². The molecular weight excluding hydrogens is 277 g/mol. The minimum atomic E-state index is 0.000955. The standard InChI is InChI=1S/C10H12INO/c1-8(12-10(11)13)7-9-5-3-2-4-6-9/h2-6,8H,7H2,1H3,(H,12,13)/t8-/m1/s1. The summed E-state index contributed by atoms with van der Waals surface area (Å²) in [5, 5.41) is 2.84. The fourth-order valence-electron chi connectivity index (χ4n) is 1.21. The predicted octanol–water partition coefficient (Wildman–Crippen LogP) is 2.76. The van der Waals surface area contributed by atoms with Crippen molar-refractivity contribution < 1.29 is 4.79 Å². The molecule has 70 valence electrons. The molecule has 0 bridgehead atoms. The van der Waals surface area contributed by atoms with E-state index in [2.05, 4.69) is 17.4 Å². The van der Waals surface area contributed by atoms with Gasteiger partial charge in [0.05, 0.1) is 0 Å². The Morgan fingerprint density at radius 2 is 2.08 bits per heavy atom. The highest BCUT2D eigenvalue weighted by molar-refractivity contribution is 14.1. The van der Waals surface area contributed by atoms with Crippen LogP contribution in [0.3, 0.4) is 0 Å². The highest BCUT2D eigenvalue weighted by atomic mass is 127. The van der Waals surface area contributed by atoms with Crippen molar-refractivity contribution >= 4 is 26.5 Å². The largest absolute Gasteiger partial charge is 0.345 e. The third-order valence-electron chi connectivity index (χ3n) is 1.74. The van der Waals surface area contributed by atoms with Crippen LogP contribution in [0.1, 0.15) is 12.5 Å². The molecule has 3 heteroatoms. The average Bonchev–Trinajstić information content (AvgIpc) is 2.04. The van der Waals surface area contributed by atoms with Crippen LogP contribution in [-0.2, 0) is 6.42 Å². The van der Waals surface area contributed by atoms with E-state index in [1.807, 2.05) is 25.1 Å². The van der Waals surface area contributed by atoms with E-state index in [0.717, 1.165) is 6.42 Å². The maximum atomic E-state index is 10.7.